The molecule has 37 heavy (non-hydrogen) atoms. The van der Waals surface area contributed by atoms with E-state index in [2.05, 4.69) is 64.7 Å². The van der Waals surface area contributed by atoms with Crippen LogP contribution in [0.2, 0.25) is 0 Å². The molecular weight excluding hydrogens is 517 g/mol. The topological polar surface area (TPSA) is 125 Å². The normalized spacial score (nSPS) is 9.78. The maximum Gasteiger partial charge on any atom is 1.00 e. The molecule has 0 radical (unpaired) electrons. The standard InChI is InChI=1S/C26H31O8P.2Na/c1-3-5-7-9-11-13-15-17-19-21-26(28)34-24(23-33-35(29,30)31)22-32-25(27)20-18-16-14-12-10-8-6-4-2;;/h2,24H,3,5,7,9,11,13,15,17,19,21-23H2,1H3,(H2,29,30,31);;/q;2*+1/p-2/t24-;;/m1../s1. The minimum absolute atomic E-state index is 0. The van der Waals surface area contributed by atoms with Gasteiger partial charge in [-0.15, -0.1) is 6.42 Å². The van der Waals surface area contributed by atoms with Gasteiger partial charge in [-0.3, -0.25) is 4.79 Å². The van der Waals surface area contributed by atoms with Crippen LogP contribution in [0, 0.1) is 59.7 Å². The van der Waals surface area contributed by atoms with E-state index >= 15 is 0 Å². The number of phosphoric acid groups is 1. The van der Waals surface area contributed by atoms with Crippen molar-refractivity contribution in [2.45, 2.75) is 77.2 Å². The Morgan fingerprint density at radius 1 is 0.811 bits per heavy atom. The van der Waals surface area contributed by atoms with E-state index in [0.717, 1.165) is 19.3 Å². The van der Waals surface area contributed by atoms with Crippen LogP contribution in [0.4, 0.5) is 0 Å². The number of hydrogen-bond donors (Lipinski definition) is 0. The molecule has 0 aliphatic heterocycles. The third kappa shape index (κ3) is 31.0. The van der Waals surface area contributed by atoms with Crippen molar-refractivity contribution in [2.75, 3.05) is 13.2 Å². The third-order valence-electron chi connectivity index (χ3n) is 4.21. The molecule has 0 aromatic carbocycles. The Morgan fingerprint density at radius 3 is 1.86 bits per heavy atom. The van der Waals surface area contributed by atoms with Crippen LogP contribution in [-0.2, 0) is 28.2 Å². The maximum absolute atomic E-state index is 12.0. The van der Waals surface area contributed by atoms with E-state index in [9.17, 15) is 23.9 Å². The van der Waals surface area contributed by atoms with E-state index in [-0.39, 0.29) is 65.5 Å². The molecule has 0 fully saturated rings. The summed E-state index contributed by atoms with van der Waals surface area (Å²) in [7, 11) is -5.30. The van der Waals surface area contributed by atoms with Crippen LogP contribution in [0.5, 0.6) is 0 Å². The van der Waals surface area contributed by atoms with Crippen LogP contribution in [0.3, 0.4) is 0 Å². The van der Waals surface area contributed by atoms with Gasteiger partial charge in [-0.05, 0) is 53.8 Å². The van der Waals surface area contributed by atoms with Gasteiger partial charge in [0, 0.05) is 12.3 Å². The second kappa shape index (κ2) is 27.9. The Bertz CT molecular complexity index is 1000. The zero-order chi connectivity index (χ0) is 26.2. The number of esters is 2. The zero-order valence-electron chi connectivity index (χ0n) is 21.9. The summed E-state index contributed by atoms with van der Waals surface area (Å²) in [6.07, 6.45) is 13.4. The molecule has 188 valence electrons. The molecule has 0 saturated carbocycles. The molecule has 8 nitrogen and oxygen atoms in total. The van der Waals surface area contributed by atoms with Gasteiger partial charge in [0.25, 0.3) is 0 Å². The summed E-state index contributed by atoms with van der Waals surface area (Å²) in [5.41, 5.74) is 0. The average molecular weight is 546 g/mol. The first-order chi connectivity index (χ1) is 16.8. The molecule has 0 aliphatic rings. The van der Waals surface area contributed by atoms with Crippen LogP contribution in [0.15, 0.2) is 0 Å². The summed E-state index contributed by atoms with van der Waals surface area (Å²) in [4.78, 5) is 45.2. The average Bonchev–Trinajstić information content (AvgIpc) is 2.81. The summed E-state index contributed by atoms with van der Waals surface area (Å²) in [6, 6.07) is 0. The van der Waals surface area contributed by atoms with E-state index in [1.54, 1.807) is 0 Å². The summed E-state index contributed by atoms with van der Waals surface area (Å²) in [5, 5.41) is 0. The second-order valence-corrected chi connectivity index (χ2v) is 8.33. The predicted octanol–water partition coefficient (Wildman–Crippen LogP) is -4.14. The van der Waals surface area contributed by atoms with Crippen LogP contribution in [0.1, 0.15) is 71.1 Å². The van der Waals surface area contributed by atoms with E-state index < -0.39 is 39.1 Å². The predicted molar refractivity (Wildman–Crippen MR) is 126 cm³/mol. The molecule has 0 aromatic heterocycles. The SMILES string of the molecule is C#CC#CC#CC#CC#CC(=O)OC[C@H](COP(=O)([O-])[O-])OC(=O)CCCCCCCCCCC.[Na+].[Na+]. The molecule has 11 heteroatoms. The van der Waals surface area contributed by atoms with Gasteiger partial charge in [-0.2, -0.15) is 0 Å². The van der Waals surface area contributed by atoms with Crippen LogP contribution < -0.4 is 68.9 Å². The van der Waals surface area contributed by atoms with E-state index in [1.807, 2.05) is 0 Å². The molecule has 0 heterocycles. The Balaban J connectivity index is -0.00000578. The van der Waals surface area contributed by atoms with Crippen molar-refractivity contribution in [3.05, 3.63) is 0 Å². The van der Waals surface area contributed by atoms with E-state index in [1.165, 1.54) is 32.1 Å². The summed E-state index contributed by atoms with van der Waals surface area (Å²) >= 11 is 0. The van der Waals surface area contributed by atoms with Gasteiger partial charge >= 0.3 is 71.1 Å². The van der Waals surface area contributed by atoms with Gasteiger partial charge < -0.3 is 28.3 Å². The molecular formula is C26H29Na2O8P. The Hall–Kier alpha value is -1.15. The van der Waals surface area contributed by atoms with Crippen molar-refractivity contribution in [3.63, 3.8) is 0 Å². The molecule has 0 amide bonds. The molecule has 0 spiro atoms. The van der Waals surface area contributed by atoms with Gasteiger partial charge in [0.15, 0.2) is 6.10 Å². The molecule has 0 bridgehead atoms. The fraction of sp³-hybridized carbons (Fsp3) is 0.538. The number of ether oxygens (including phenoxy) is 2. The molecule has 0 aliphatic carbocycles. The fourth-order valence-electron chi connectivity index (χ4n) is 2.59. The van der Waals surface area contributed by atoms with E-state index in [4.69, 9.17) is 15.9 Å². The minimum Gasteiger partial charge on any atom is -0.790 e. The monoisotopic (exact) mass is 546 g/mol. The first-order valence-corrected chi connectivity index (χ1v) is 12.7. The number of carbonyl (C=O) groups excluding carboxylic acids is 2. The summed E-state index contributed by atoms with van der Waals surface area (Å²) < 4.78 is 24.8. The molecule has 1 atom stereocenters. The number of carbonyl (C=O) groups is 2. The van der Waals surface area contributed by atoms with Gasteiger partial charge in [-0.1, -0.05) is 58.3 Å². The number of rotatable bonds is 16. The Kier molecular flexibility index (Phi) is 30.4. The first kappa shape index (κ1) is 40.3. The smallest absolute Gasteiger partial charge is 0.790 e. The number of unbranched alkanes of at least 4 members (excludes halogenated alkanes) is 8. The fourth-order valence-corrected chi connectivity index (χ4v) is 2.94. The third-order valence-corrected chi connectivity index (χ3v) is 4.68. The van der Waals surface area contributed by atoms with Crippen molar-refractivity contribution in [3.8, 4) is 59.7 Å². The van der Waals surface area contributed by atoms with Crippen molar-refractivity contribution >= 4 is 19.8 Å². The van der Waals surface area contributed by atoms with Gasteiger partial charge in [-0.25, -0.2) is 4.79 Å². The Labute approximate surface area is 264 Å². The van der Waals surface area contributed by atoms with Crippen molar-refractivity contribution in [1.82, 2.24) is 0 Å². The summed E-state index contributed by atoms with van der Waals surface area (Å²) in [5.74, 6) is 18.6. The van der Waals surface area contributed by atoms with Gasteiger partial charge in [0.2, 0.25) is 0 Å². The van der Waals surface area contributed by atoms with E-state index in [0.29, 0.717) is 6.42 Å². The van der Waals surface area contributed by atoms with Crippen LogP contribution in [0.25, 0.3) is 0 Å². The zero-order valence-corrected chi connectivity index (χ0v) is 26.7. The maximum atomic E-state index is 12.0. The quantitative estimate of drug-likeness (QED) is 0.0478. The molecule has 0 saturated heterocycles. The second-order valence-electron chi connectivity index (χ2n) is 7.18. The minimum atomic E-state index is -5.30. The van der Waals surface area contributed by atoms with Crippen molar-refractivity contribution in [1.29, 1.82) is 0 Å². The molecule has 0 unspecified atom stereocenters. The molecule has 0 rings (SSSR count). The molecule has 0 N–H and O–H groups in total. The van der Waals surface area contributed by atoms with Crippen molar-refractivity contribution in [2.24, 2.45) is 0 Å². The first-order valence-electron chi connectivity index (χ1n) is 11.3. The van der Waals surface area contributed by atoms with Crippen LogP contribution in [-0.4, -0.2) is 31.3 Å². The molecule has 0 aromatic rings. The number of hydrogen-bond acceptors (Lipinski definition) is 8. The Morgan fingerprint density at radius 2 is 1.32 bits per heavy atom. The van der Waals surface area contributed by atoms with Gasteiger partial charge in [0.05, 0.1) is 14.4 Å². The van der Waals surface area contributed by atoms with Crippen LogP contribution >= 0.6 is 7.82 Å². The van der Waals surface area contributed by atoms with Crippen molar-refractivity contribution < 1.29 is 97.1 Å². The number of phosphoric ester groups is 1. The number of terminal acetylenes is 1. The largest absolute Gasteiger partial charge is 1.00 e. The van der Waals surface area contributed by atoms with Gasteiger partial charge in [0.1, 0.15) is 6.61 Å². The summed E-state index contributed by atoms with van der Waals surface area (Å²) in [6.45, 7) is 0.845.